The standard InChI is InChI=1S/C14H17N3O5S/c1-17(2)23(20,21)11-5-3-4-10(8-11)9-22-14(19)12-6-7-13(18)16-15-12/h3-5,8H,6-7,9H2,1-2H3,(H,16,18). The third-order valence-electron chi connectivity index (χ3n) is 3.19. The van der Waals surface area contributed by atoms with E-state index in [1.165, 1.54) is 26.2 Å². The van der Waals surface area contributed by atoms with Crippen molar-refractivity contribution in [2.75, 3.05) is 14.1 Å². The number of hydrazone groups is 1. The first-order valence-electron chi connectivity index (χ1n) is 6.84. The number of rotatable bonds is 5. The van der Waals surface area contributed by atoms with Gasteiger partial charge in [-0.1, -0.05) is 12.1 Å². The van der Waals surface area contributed by atoms with E-state index in [2.05, 4.69) is 10.5 Å². The molecule has 0 radical (unpaired) electrons. The van der Waals surface area contributed by atoms with Crippen molar-refractivity contribution in [2.45, 2.75) is 24.3 Å². The number of amides is 1. The van der Waals surface area contributed by atoms with Gasteiger partial charge in [-0.25, -0.2) is 22.9 Å². The Morgan fingerprint density at radius 1 is 1.35 bits per heavy atom. The summed E-state index contributed by atoms with van der Waals surface area (Å²) >= 11 is 0. The van der Waals surface area contributed by atoms with Crippen LogP contribution in [0.15, 0.2) is 34.3 Å². The Bertz CT molecular complexity index is 755. The number of benzene rings is 1. The molecule has 1 N–H and O–H groups in total. The second-order valence-corrected chi connectivity index (χ2v) is 7.26. The molecule has 1 aromatic carbocycles. The summed E-state index contributed by atoms with van der Waals surface area (Å²) in [4.78, 5) is 22.9. The normalized spacial score (nSPS) is 15.1. The Morgan fingerprint density at radius 3 is 2.70 bits per heavy atom. The van der Waals surface area contributed by atoms with Crippen LogP contribution in [0.2, 0.25) is 0 Å². The zero-order valence-corrected chi connectivity index (χ0v) is 13.6. The number of ether oxygens (including phenoxy) is 1. The molecule has 1 aromatic rings. The molecule has 0 atom stereocenters. The van der Waals surface area contributed by atoms with Crippen LogP contribution in [0.1, 0.15) is 18.4 Å². The maximum absolute atomic E-state index is 12.1. The number of hydrogen-bond donors (Lipinski definition) is 1. The molecule has 2 rings (SSSR count). The molecule has 1 amide bonds. The van der Waals surface area contributed by atoms with Crippen LogP contribution in [0.3, 0.4) is 0 Å². The van der Waals surface area contributed by atoms with Gasteiger partial charge in [-0.2, -0.15) is 5.10 Å². The van der Waals surface area contributed by atoms with Crippen molar-refractivity contribution in [1.29, 1.82) is 0 Å². The lowest BCUT2D eigenvalue weighted by Crippen LogP contribution is -2.30. The number of esters is 1. The predicted molar refractivity (Wildman–Crippen MR) is 81.9 cm³/mol. The van der Waals surface area contributed by atoms with E-state index in [0.717, 1.165) is 4.31 Å². The van der Waals surface area contributed by atoms with Crippen molar-refractivity contribution in [1.82, 2.24) is 9.73 Å². The lowest BCUT2D eigenvalue weighted by atomic mass is 10.2. The van der Waals surface area contributed by atoms with Gasteiger partial charge >= 0.3 is 5.97 Å². The van der Waals surface area contributed by atoms with Gasteiger partial charge < -0.3 is 4.74 Å². The molecule has 0 unspecified atom stereocenters. The Balaban J connectivity index is 2.04. The Labute approximate surface area is 134 Å². The van der Waals surface area contributed by atoms with E-state index in [-0.39, 0.29) is 36.0 Å². The zero-order valence-electron chi connectivity index (χ0n) is 12.8. The molecule has 8 nitrogen and oxygen atoms in total. The fraction of sp³-hybridized carbons (Fsp3) is 0.357. The molecule has 1 aliphatic heterocycles. The quantitative estimate of drug-likeness (QED) is 0.774. The lowest BCUT2D eigenvalue weighted by molar-refractivity contribution is -0.137. The molecule has 23 heavy (non-hydrogen) atoms. The van der Waals surface area contributed by atoms with Gasteiger partial charge in [0.1, 0.15) is 12.3 Å². The van der Waals surface area contributed by atoms with E-state index in [1.54, 1.807) is 12.1 Å². The van der Waals surface area contributed by atoms with Crippen LogP contribution in [0.25, 0.3) is 0 Å². The number of nitrogens with zero attached hydrogens (tertiary/aromatic N) is 2. The first-order chi connectivity index (χ1) is 10.8. The molecule has 0 aliphatic carbocycles. The van der Waals surface area contributed by atoms with E-state index in [4.69, 9.17) is 4.74 Å². The third-order valence-corrected chi connectivity index (χ3v) is 5.00. The van der Waals surface area contributed by atoms with E-state index in [1.807, 2.05) is 0 Å². The average Bonchev–Trinajstić information content (AvgIpc) is 2.53. The number of carbonyl (C=O) groups is 2. The molecule has 1 heterocycles. The van der Waals surface area contributed by atoms with E-state index < -0.39 is 16.0 Å². The molecule has 0 saturated carbocycles. The number of sulfonamides is 1. The van der Waals surface area contributed by atoms with Crippen LogP contribution in [-0.4, -0.2) is 44.4 Å². The molecular weight excluding hydrogens is 322 g/mol. The zero-order chi connectivity index (χ0) is 17.0. The fourth-order valence-corrected chi connectivity index (χ4v) is 2.83. The number of nitrogens with one attached hydrogen (secondary N) is 1. The maximum atomic E-state index is 12.1. The largest absolute Gasteiger partial charge is 0.456 e. The van der Waals surface area contributed by atoms with Crippen molar-refractivity contribution >= 4 is 27.6 Å². The summed E-state index contributed by atoms with van der Waals surface area (Å²) < 4.78 is 30.3. The summed E-state index contributed by atoms with van der Waals surface area (Å²) in [5.74, 6) is -0.881. The highest BCUT2D eigenvalue weighted by Crippen LogP contribution is 2.15. The van der Waals surface area contributed by atoms with Crippen LogP contribution in [-0.2, 0) is 31.0 Å². The van der Waals surface area contributed by atoms with Gasteiger partial charge in [0, 0.05) is 26.9 Å². The van der Waals surface area contributed by atoms with Gasteiger partial charge in [0.15, 0.2) is 0 Å². The third kappa shape index (κ3) is 4.14. The van der Waals surface area contributed by atoms with Gasteiger partial charge in [-0.05, 0) is 17.7 Å². The minimum Gasteiger partial charge on any atom is -0.456 e. The molecule has 1 aliphatic rings. The van der Waals surface area contributed by atoms with Crippen molar-refractivity contribution in [3.05, 3.63) is 29.8 Å². The summed E-state index contributed by atoms with van der Waals surface area (Å²) in [7, 11) is -0.659. The van der Waals surface area contributed by atoms with E-state index >= 15 is 0 Å². The van der Waals surface area contributed by atoms with Crippen LogP contribution < -0.4 is 5.43 Å². The Kier molecular flexibility index (Phi) is 5.12. The van der Waals surface area contributed by atoms with Gasteiger partial charge in [0.2, 0.25) is 15.9 Å². The summed E-state index contributed by atoms with van der Waals surface area (Å²) in [6.07, 6.45) is 0.407. The summed E-state index contributed by atoms with van der Waals surface area (Å²) in [5.41, 5.74) is 2.90. The van der Waals surface area contributed by atoms with Crippen LogP contribution in [0.4, 0.5) is 0 Å². The summed E-state index contributed by atoms with van der Waals surface area (Å²) in [5, 5.41) is 3.64. The van der Waals surface area contributed by atoms with Crippen molar-refractivity contribution < 1.29 is 22.7 Å². The molecule has 0 aromatic heterocycles. The number of carbonyl (C=O) groups excluding carboxylic acids is 2. The average molecular weight is 339 g/mol. The summed E-state index contributed by atoms with van der Waals surface area (Å²) in [6.45, 7) is -0.0808. The highest BCUT2D eigenvalue weighted by Gasteiger charge is 2.20. The smallest absolute Gasteiger partial charge is 0.354 e. The van der Waals surface area contributed by atoms with Gasteiger partial charge in [-0.15, -0.1) is 0 Å². The molecule has 0 fully saturated rings. The van der Waals surface area contributed by atoms with Gasteiger partial charge in [0.05, 0.1) is 4.90 Å². The minimum atomic E-state index is -3.54. The molecule has 0 saturated heterocycles. The van der Waals surface area contributed by atoms with Crippen LogP contribution in [0, 0.1) is 0 Å². The lowest BCUT2D eigenvalue weighted by Gasteiger charge is -2.13. The van der Waals surface area contributed by atoms with Gasteiger partial charge in [-0.3, -0.25) is 4.79 Å². The molecule has 0 spiro atoms. The van der Waals surface area contributed by atoms with Crippen molar-refractivity contribution in [2.24, 2.45) is 5.10 Å². The summed E-state index contributed by atoms with van der Waals surface area (Å²) in [6, 6.07) is 6.17. The Morgan fingerprint density at radius 2 is 2.09 bits per heavy atom. The van der Waals surface area contributed by atoms with Crippen LogP contribution in [0.5, 0.6) is 0 Å². The predicted octanol–water partition coefficient (Wildman–Crippen LogP) is 0.246. The fourth-order valence-electron chi connectivity index (χ4n) is 1.86. The SMILES string of the molecule is CN(C)S(=O)(=O)c1cccc(COC(=O)C2=NNC(=O)CC2)c1. The van der Waals surface area contributed by atoms with Crippen molar-refractivity contribution in [3.8, 4) is 0 Å². The molecule has 0 bridgehead atoms. The van der Waals surface area contributed by atoms with E-state index in [9.17, 15) is 18.0 Å². The highest BCUT2D eigenvalue weighted by atomic mass is 32.2. The first kappa shape index (κ1) is 17.1. The minimum absolute atomic E-state index is 0.0808. The molecular formula is C14H17N3O5S. The first-order valence-corrected chi connectivity index (χ1v) is 8.28. The van der Waals surface area contributed by atoms with Crippen molar-refractivity contribution in [3.63, 3.8) is 0 Å². The maximum Gasteiger partial charge on any atom is 0.354 e. The van der Waals surface area contributed by atoms with Crippen LogP contribution >= 0.6 is 0 Å². The van der Waals surface area contributed by atoms with E-state index in [0.29, 0.717) is 5.56 Å². The molecule has 9 heteroatoms. The highest BCUT2D eigenvalue weighted by molar-refractivity contribution is 7.89. The monoisotopic (exact) mass is 339 g/mol. The molecule has 124 valence electrons. The Hall–Kier alpha value is -2.26. The van der Waals surface area contributed by atoms with Gasteiger partial charge in [0.25, 0.3) is 0 Å². The number of hydrogen-bond acceptors (Lipinski definition) is 6. The topological polar surface area (TPSA) is 105 Å². The second-order valence-electron chi connectivity index (χ2n) is 5.10. The second kappa shape index (κ2) is 6.88.